The monoisotopic (exact) mass is 167 g/mol. The molecule has 1 aliphatic rings. The van der Waals surface area contributed by atoms with Gasteiger partial charge in [-0.2, -0.15) is 0 Å². The van der Waals surface area contributed by atoms with E-state index in [1.54, 1.807) is 0 Å². The van der Waals surface area contributed by atoms with Crippen LogP contribution in [-0.4, -0.2) is 0 Å². The standard InChI is InChI=1S/C9H17N3/c1-9(2)4-6(8(11)12)3-7(10)5-9/h3H,4-5,10-12H2,1-2H3. The van der Waals surface area contributed by atoms with Crippen LogP contribution in [0.1, 0.15) is 26.7 Å². The molecule has 0 heterocycles. The molecule has 0 fully saturated rings. The maximum absolute atomic E-state index is 5.75. The zero-order valence-corrected chi connectivity index (χ0v) is 7.72. The van der Waals surface area contributed by atoms with Gasteiger partial charge in [0, 0.05) is 5.70 Å². The third-order valence-electron chi connectivity index (χ3n) is 2.08. The van der Waals surface area contributed by atoms with Gasteiger partial charge in [-0.25, -0.2) is 0 Å². The minimum atomic E-state index is 0.193. The van der Waals surface area contributed by atoms with Crippen molar-refractivity contribution >= 4 is 0 Å². The third kappa shape index (κ3) is 1.94. The Labute approximate surface area is 73.3 Å². The van der Waals surface area contributed by atoms with Crippen molar-refractivity contribution in [2.75, 3.05) is 0 Å². The van der Waals surface area contributed by atoms with Crippen LogP contribution in [0.4, 0.5) is 0 Å². The highest BCUT2D eigenvalue weighted by molar-refractivity contribution is 5.30. The van der Waals surface area contributed by atoms with E-state index < -0.39 is 0 Å². The van der Waals surface area contributed by atoms with Gasteiger partial charge in [0.1, 0.15) is 0 Å². The van der Waals surface area contributed by atoms with Gasteiger partial charge in [-0.15, -0.1) is 0 Å². The van der Waals surface area contributed by atoms with E-state index in [1.807, 2.05) is 6.08 Å². The third-order valence-corrected chi connectivity index (χ3v) is 2.08. The fourth-order valence-corrected chi connectivity index (χ4v) is 1.64. The summed E-state index contributed by atoms with van der Waals surface area (Å²) < 4.78 is 0. The fourth-order valence-electron chi connectivity index (χ4n) is 1.64. The van der Waals surface area contributed by atoms with Crippen LogP contribution in [0.15, 0.2) is 23.2 Å². The molecule has 3 nitrogen and oxygen atoms in total. The number of allylic oxidation sites excluding steroid dienone is 3. The summed E-state index contributed by atoms with van der Waals surface area (Å²) in [5, 5.41) is 0. The Morgan fingerprint density at radius 3 is 2.33 bits per heavy atom. The van der Waals surface area contributed by atoms with Crippen molar-refractivity contribution in [3.05, 3.63) is 23.2 Å². The van der Waals surface area contributed by atoms with E-state index >= 15 is 0 Å². The summed E-state index contributed by atoms with van der Waals surface area (Å²) in [6.45, 7) is 4.32. The van der Waals surface area contributed by atoms with Crippen LogP contribution in [-0.2, 0) is 0 Å². The molecule has 0 aromatic rings. The average Bonchev–Trinajstić information content (AvgIpc) is 1.82. The van der Waals surface area contributed by atoms with Crippen LogP contribution >= 0.6 is 0 Å². The minimum absolute atomic E-state index is 0.193. The Hall–Kier alpha value is -1.12. The molecule has 0 saturated heterocycles. The van der Waals surface area contributed by atoms with Crippen LogP contribution in [0.3, 0.4) is 0 Å². The molecule has 12 heavy (non-hydrogen) atoms. The highest BCUT2D eigenvalue weighted by Crippen LogP contribution is 2.36. The number of rotatable bonds is 0. The van der Waals surface area contributed by atoms with Gasteiger partial charge >= 0.3 is 0 Å². The van der Waals surface area contributed by atoms with Crippen molar-refractivity contribution in [2.45, 2.75) is 26.7 Å². The minimum Gasteiger partial charge on any atom is -0.402 e. The van der Waals surface area contributed by atoms with Crippen molar-refractivity contribution in [3.8, 4) is 0 Å². The van der Waals surface area contributed by atoms with Crippen molar-refractivity contribution < 1.29 is 0 Å². The molecule has 0 atom stereocenters. The first-order valence-electron chi connectivity index (χ1n) is 4.11. The van der Waals surface area contributed by atoms with Gasteiger partial charge in [-0.1, -0.05) is 13.8 Å². The van der Waals surface area contributed by atoms with E-state index in [1.165, 1.54) is 0 Å². The van der Waals surface area contributed by atoms with Gasteiger partial charge in [-0.05, 0) is 29.9 Å². The van der Waals surface area contributed by atoms with E-state index in [0.29, 0.717) is 5.82 Å². The molecule has 0 amide bonds. The molecular weight excluding hydrogens is 150 g/mol. The predicted octanol–water partition coefficient (Wildman–Crippen LogP) is 0.778. The highest BCUT2D eigenvalue weighted by Gasteiger charge is 2.25. The first-order valence-corrected chi connectivity index (χ1v) is 4.11. The summed E-state index contributed by atoms with van der Waals surface area (Å²) in [6, 6.07) is 0. The second kappa shape index (κ2) is 2.73. The maximum atomic E-state index is 5.75. The second-order valence-corrected chi connectivity index (χ2v) is 4.22. The van der Waals surface area contributed by atoms with Crippen molar-refractivity contribution in [3.63, 3.8) is 0 Å². The number of hydrogen-bond acceptors (Lipinski definition) is 3. The zero-order chi connectivity index (χ0) is 9.35. The van der Waals surface area contributed by atoms with E-state index in [4.69, 9.17) is 17.2 Å². The summed E-state index contributed by atoms with van der Waals surface area (Å²) in [5.74, 6) is 0.394. The fraction of sp³-hybridized carbons (Fsp3) is 0.556. The average molecular weight is 167 g/mol. The maximum Gasteiger partial charge on any atom is 0.0967 e. The first kappa shape index (κ1) is 8.97. The molecule has 68 valence electrons. The Morgan fingerprint density at radius 1 is 1.33 bits per heavy atom. The molecule has 0 spiro atoms. The molecule has 0 aromatic carbocycles. The molecule has 0 radical (unpaired) electrons. The van der Waals surface area contributed by atoms with Gasteiger partial charge < -0.3 is 17.2 Å². The van der Waals surface area contributed by atoms with Crippen molar-refractivity contribution in [2.24, 2.45) is 22.6 Å². The smallest absolute Gasteiger partial charge is 0.0967 e. The molecule has 0 bridgehead atoms. The van der Waals surface area contributed by atoms with Crippen LogP contribution in [0.25, 0.3) is 0 Å². The van der Waals surface area contributed by atoms with E-state index in [9.17, 15) is 0 Å². The second-order valence-electron chi connectivity index (χ2n) is 4.22. The van der Waals surface area contributed by atoms with E-state index in [-0.39, 0.29) is 5.41 Å². The lowest BCUT2D eigenvalue weighted by atomic mass is 9.77. The van der Waals surface area contributed by atoms with Gasteiger partial charge in [0.25, 0.3) is 0 Å². The zero-order valence-electron chi connectivity index (χ0n) is 7.72. The molecule has 0 saturated carbocycles. The lowest BCUT2D eigenvalue weighted by molar-refractivity contribution is 0.348. The topological polar surface area (TPSA) is 78.1 Å². The molecular formula is C9H17N3. The molecule has 6 N–H and O–H groups in total. The SMILES string of the molecule is CC1(C)CC(N)=CC(=C(N)N)C1. The Morgan fingerprint density at radius 2 is 1.92 bits per heavy atom. The summed E-state index contributed by atoms with van der Waals surface area (Å²) in [4.78, 5) is 0. The van der Waals surface area contributed by atoms with Gasteiger partial charge in [0.2, 0.25) is 0 Å². The summed E-state index contributed by atoms with van der Waals surface area (Å²) in [5.41, 5.74) is 18.8. The first-order chi connectivity index (χ1) is 5.41. The highest BCUT2D eigenvalue weighted by atomic mass is 14.8. The predicted molar refractivity (Wildman–Crippen MR) is 50.7 cm³/mol. The van der Waals surface area contributed by atoms with Gasteiger partial charge in [-0.3, -0.25) is 0 Å². The lowest BCUT2D eigenvalue weighted by Gasteiger charge is -2.30. The summed E-state index contributed by atoms with van der Waals surface area (Å²) in [7, 11) is 0. The quantitative estimate of drug-likeness (QED) is 0.499. The van der Waals surface area contributed by atoms with E-state index in [2.05, 4.69) is 13.8 Å². The normalized spacial score (nSPS) is 21.8. The van der Waals surface area contributed by atoms with Crippen molar-refractivity contribution in [1.29, 1.82) is 0 Å². The Balaban J connectivity index is 2.97. The summed E-state index contributed by atoms with van der Waals surface area (Å²) in [6.07, 6.45) is 3.72. The van der Waals surface area contributed by atoms with Crippen LogP contribution in [0, 0.1) is 5.41 Å². The summed E-state index contributed by atoms with van der Waals surface area (Å²) >= 11 is 0. The van der Waals surface area contributed by atoms with Gasteiger partial charge in [0.15, 0.2) is 0 Å². The van der Waals surface area contributed by atoms with Gasteiger partial charge in [0.05, 0.1) is 5.82 Å². The molecule has 1 aliphatic carbocycles. The molecule has 3 heteroatoms. The molecule has 0 aliphatic heterocycles. The molecule has 0 aromatic heterocycles. The van der Waals surface area contributed by atoms with Crippen LogP contribution < -0.4 is 17.2 Å². The van der Waals surface area contributed by atoms with Crippen LogP contribution in [0.2, 0.25) is 0 Å². The molecule has 0 unspecified atom stereocenters. The largest absolute Gasteiger partial charge is 0.402 e. The van der Waals surface area contributed by atoms with E-state index in [0.717, 1.165) is 24.1 Å². The Bertz CT molecular complexity index is 244. The molecule has 1 rings (SSSR count). The number of nitrogens with two attached hydrogens (primary N) is 3. The lowest BCUT2D eigenvalue weighted by Crippen LogP contribution is -2.24. The van der Waals surface area contributed by atoms with Crippen LogP contribution in [0.5, 0.6) is 0 Å². The Kier molecular flexibility index (Phi) is 2.04. The van der Waals surface area contributed by atoms with Crippen molar-refractivity contribution in [1.82, 2.24) is 0 Å². The number of hydrogen-bond donors (Lipinski definition) is 3.